The van der Waals surface area contributed by atoms with Gasteiger partial charge in [-0.1, -0.05) is 6.92 Å². The van der Waals surface area contributed by atoms with Crippen LogP contribution in [0.3, 0.4) is 0 Å². The molecule has 1 saturated heterocycles. The van der Waals surface area contributed by atoms with Gasteiger partial charge in [0.15, 0.2) is 0 Å². The van der Waals surface area contributed by atoms with E-state index in [-0.39, 0.29) is 12.5 Å². The molecule has 13 heavy (non-hydrogen) atoms. The summed E-state index contributed by atoms with van der Waals surface area (Å²) in [7, 11) is 0. The van der Waals surface area contributed by atoms with Gasteiger partial charge in [0.2, 0.25) is 5.91 Å². The fourth-order valence-electron chi connectivity index (χ4n) is 1.39. The van der Waals surface area contributed by atoms with Gasteiger partial charge >= 0.3 is 5.97 Å². The van der Waals surface area contributed by atoms with Gasteiger partial charge in [-0.05, 0) is 0 Å². The molecule has 5 heteroatoms. The van der Waals surface area contributed by atoms with E-state index in [4.69, 9.17) is 5.11 Å². The first kappa shape index (κ1) is 9.98. The van der Waals surface area contributed by atoms with Crippen LogP contribution in [0.15, 0.2) is 0 Å². The van der Waals surface area contributed by atoms with Crippen molar-refractivity contribution in [2.24, 2.45) is 5.92 Å². The van der Waals surface area contributed by atoms with Gasteiger partial charge in [0.05, 0.1) is 6.10 Å². The molecule has 2 unspecified atom stereocenters. The summed E-state index contributed by atoms with van der Waals surface area (Å²) < 4.78 is 0. The van der Waals surface area contributed by atoms with Gasteiger partial charge in [-0.2, -0.15) is 0 Å². The lowest BCUT2D eigenvalue weighted by Crippen LogP contribution is -2.31. The normalized spacial score (nSPS) is 27.7. The molecule has 1 amide bonds. The van der Waals surface area contributed by atoms with Crippen molar-refractivity contribution in [3.63, 3.8) is 0 Å². The van der Waals surface area contributed by atoms with Gasteiger partial charge in [0.1, 0.15) is 6.42 Å². The maximum atomic E-state index is 11.2. The molecule has 1 aliphatic rings. The molecule has 2 atom stereocenters. The topological polar surface area (TPSA) is 77.8 Å². The van der Waals surface area contributed by atoms with E-state index in [1.807, 2.05) is 6.92 Å². The van der Waals surface area contributed by atoms with E-state index >= 15 is 0 Å². The first-order valence-corrected chi connectivity index (χ1v) is 4.18. The molecule has 1 aliphatic heterocycles. The third kappa shape index (κ3) is 2.42. The molecule has 1 heterocycles. The van der Waals surface area contributed by atoms with E-state index in [1.54, 1.807) is 0 Å². The summed E-state index contributed by atoms with van der Waals surface area (Å²) in [6.45, 7) is 2.54. The van der Waals surface area contributed by atoms with E-state index in [0.29, 0.717) is 6.54 Å². The van der Waals surface area contributed by atoms with Crippen LogP contribution in [0.1, 0.15) is 13.3 Å². The number of β-amino-alcohol motifs (C(OH)–C–C–N with tert-alkyl or cyclic N) is 1. The second-order valence-electron chi connectivity index (χ2n) is 3.41. The molecular weight excluding hydrogens is 174 g/mol. The zero-order valence-corrected chi connectivity index (χ0v) is 7.43. The fraction of sp³-hybridized carbons (Fsp3) is 0.750. The van der Waals surface area contributed by atoms with Crippen LogP contribution in [0.25, 0.3) is 0 Å². The molecule has 0 aromatic rings. The third-order valence-electron chi connectivity index (χ3n) is 2.23. The Morgan fingerprint density at radius 1 is 1.46 bits per heavy atom. The van der Waals surface area contributed by atoms with E-state index in [2.05, 4.69) is 0 Å². The van der Waals surface area contributed by atoms with E-state index in [1.165, 1.54) is 4.90 Å². The lowest BCUT2D eigenvalue weighted by atomic mass is 10.1. The van der Waals surface area contributed by atoms with Gasteiger partial charge in [-0.15, -0.1) is 0 Å². The summed E-state index contributed by atoms with van der Waals surface area (Å²) in [5, 5.41) is 17.7. The number of nitrogens with zero attached hydrogens (tertiary/aromatic N) is 1. The molecule has 0 aromatic carbocycles. The van der Waals surface area contributed by atoms with Crippen LogP contribution < -0.4 is 0 Å². The minimum absolute atomic E-state index is 0.0396. The number of hydrogen-bond acceptors (Lipinski definition) is 3. The van der Waals surface area contributed by atoms with E-state index in [9.17, 15) is 14.7 Å². The average Bonchev–Trinajstić information content (AvgIpc) is 2.31. The predicted octanol–water partition coefficient (Wildman–Crippen LogP) is -0.700. The van der Waals surface area contributed by atoms with Crippen molar-refractivity contribution in [2.75, 3.05) is 13.1 Å². The largest absolute Gasteiger partial charge is 0.481 e. The molecule has 74 valence electrons. The average molecular weight is 187 g/mol. The van der Waals surface area contributed by atoms with Crippen LogP contribution >= 0.6 is 0 Å². The minimum Gasteiger partial charge on any atom is -0.481 e. The molecule has 0 spiro atoms. The van der Waals surface area contributed by atoms with Crippen molar-refractivity contribution in [3.8, 4) is 0 Å². The Bertz CT molecular complexity index is 218. The number of likely N-dealkylation sites (tertiary alicyclic amines) is 1. The fourth-order valence-corrected chi connectivity index (χ4v) is 1.39. The van der Waals surface area contributed by atoms with Gasteiger partial charge in [0.25, 0.3) is 0 Å². The number of rotatable bonds is 2. The van der Waals surface area contributed by atoms with Crippen LogP contribution in [0.2, 0.25) is 0 Å². The summed E-state index contributed by atoms with van der Waals surface area (Å²) in [4.78, 5) is 22.8. The minimum atomic E-state index is -1.13. The summed E-state index contributed by atoms with van der Waals surface area (Å²) in [6.07, 6.45) is -1.00. The monoisotopic (exact) mass is 187 g/mol. The Hall–Kier alpha value is -1.10. The quantitative estimate of drug-likeness (QED) is 0.560. The molecule has 0 aromatic heterocycles. The molecule has 0 bridgehead atoms. The molecule has 0 radical (unpaired) electrons. The smallest absolute Gasteiger partial charge is 0.312 e. The number of aliphatic hydroxyl groups excluding tert-OH is 1. The Morgan fingerprint density at radius 2 is 2.08 bits per heavy atom. The highest BCUT2D eigenvalue weighted by Gasteiger charge is 2.31. The molecule has 1 fully saturated rings. The van der Waals surface area contributed by atoms with Crippen molar-refractivity contribution >= 4 is 11.9 Å². The number of amides is 1. The molecule has 0 saturated carbocycles. The SMILES string of the molecule is CC1CN(C(=O)CC(=O)O)CC1O. The zero-order chi connectivity index (χ0) is 10.0. The molecule has 0 aliphatic carbocycles. The third-order valence-corrected chi connectivity index (χ3v) is 2.23. The lowest BCUT2D eigenvalue weighted by molar-refractivity contribution is -0.144. The Labute approximate surface area is 76.0 Å². The Kier molecular flexibility index (Phi) is 2.87. The first-order chi connectivity index (χ1) is 6.00. The van der Waals surface area contributed by atoms with Crippen LogP contribution in [0.4, 0.5) is 0 Å². The second kappa shape index (κ2) is 3.74. The van der Waals surface area contributed by atoms with Gasteiger partial charge in [-0.3, -0.25) is 9.59 Å². The zero-order valence-electron chi connectivity index (χ0n) is 7.43. The maximum absolute atomic E-state index is 11.2. The predicted molar refractivity (Wildman–Crippen MR) is 44.0 cm³/mol. The van der Waals surface area contributed by atoms with Crippen molar-refractivity contribution in [1.29, 1.82) is 0 Å². The summed E-state index contributed by atoms with van der Waals surface area (Å²) in [5.41, 5.74) is 0. The Morgan fingerprint density at radius 3 is 2.46 bits per heavy atom. The van der Waals surface area contributed by atoms with E-state index in [0.717, 1.165) is 0 Å². The Balaban J connectivity index is 2.46. The number of carboxylic acids is 1. The van der Waals surface area contributed by atoms with Gasteiger partial charge in [0, 0.05) is 19.0 Å². The van der Waals surface area contributed by atoms with Crippen LogP contribution in [-0.4, -0.2) is 46.2 Å². The number of hydrogen-bond donors (Lipinski definition) is 2. The van der Waals surface area contributed by atoms with Crippen LogP contribution in [0, 0.1) is 5.92 Å². The molecule has 1 rings (SSSR count). The van der Waals surface area contributed by atoms with Crippen LogP contribution in [-0.2, 0) is 9.59 Å². The van der Waals surface area contributed by atoms with Gasteiger partial charge < -0.3 is 15.1 Å². The number of aliphatic hydroxyl groups is 1. The second-order valence-corrected chi connectivity index (χ2v) is 3.41. The van der Waals surface area contributed by atoms with E-state index < -0.39 is 24.4 Å². The van der Waals surface area contributed by atoms with Crippen molar-refractivity contribution in [2.45, 2.75) is 19.4 Å². The molecule has 5 nitrogen and oxygen atoms in total. The van der Waals surface area contributed by atoms with Crippen LogP contribution in [0.5, 0.6) is 0 Å². The number of aliphatic carboxylic acids is 1. The highest BCUT2D eigenvalue weighted by atomic mass is 16.4. The number of carboxylic acid groups (broad SMARTS) is 1. The summed E-state index contributed by atoms with van der Waals surface area (Å²) >= 11 is 0. The summed E-state index contributed by atoms with van der Waals surface area (Å²) in [5.74, 6) is -1.51. The maximum Gasteiger partial charge on any atom is 0.312 e. The first-order valence-electron chi connectivity index (χ1n) is 4.18. The lowest BCUT2D eigenvalue weighted by Gasteiger charge is -2.13. The molecule has 2 N–H and O–H groups in total. The van der Waals surface area contributed by atoms with Gasteiger partial charge in [-0.25, -0.2) is 0 Å². The van der Waals surface area contributed by atoms with Crippen molar-refractivity contribution in [3.05, 3.63) is 0 Å². The van der Waals surface area contributed by atoms with Crippen molar-refractivity contribution < 1.29 is 19.8 Å². The molecular formula is C8H13NO4. The highest BCUT2D eigenvalue weighted by Crippen LogP contribution is 2.16. The number of carbonyl (C=O) groups is 2. The standard InChI is InChI=1S/C8H13NO4/c1-5-3-9(4-6(5)10)7(11)2-8(12)13/h5-6,10H,2-4H2,1H3,(H,12,13). The van der Waals surface area contributed by atoms with Crippen molar-refractivity contribution in [1.82, 2.24) is 4.90 Å². The number of carbonyl (C=O) groups excluding carboxylic acids is 1. The highest BCUT2D eigenvalue weighted by molar-refractivity contribution is 5.93. The summed E-state index contributed by atoms with van der Waals surface area (Å²) in [6, 6.07) is 0.